The predicted octanol–water partition coefficient (Wildman–Crippen LogP) is 5.77. The lowest BCUT2D eigenvalue weighted by Gasteiger charge is -2.27. The molecule has 0 fully saturated rings. The monoisotopic (exact) mass is 477 g/mol. The van der Waals surface area contributed by atoms with Crippen molar-refractivity contribution in [2.24, 2.45) is 0 Å². The second kappa shape index (κ2) is 8.43. The summed E-state index contributed by atoms with van der Waals surface area (Å²) in [7, 11) is 1.47. The molecule has 5 rings (SSSR count). The highest BCUT2D eigenvalue weighted by Gasteiger charge is 2.45. The normalized spacial score (nSPS) is 16.0. The average molecular weight is 478 g/mol. The number of hydrogen-bond acceptors (Lipinski definition) is 6. The maximum Gasteiger partial charge on any atom is 0.290 e. The van der Waals surface area contributed by atoms with Crippen molar-refractivity contribution >= 4 is 34.3 Å². The Kier molecular flexibility index (Phi) is 5.42. The molecule has 172 valence electrons. The minimum Gasteiger partial charge on any atom is -0.503 e. The van der Waals surface area contributed by atoms with E-state index in [0.29, 0.717) is 33.1 Å². The first-order chi connectivity index (χ1) is 16.4. The van der Waals surface area contributed by atoms with Crippen molar-refractivity contribution in [1.82, 2.24) is 4.90 Å². The largest absolute Gasteiger partial charge is 0.503 e. The molecular weight excluding hydrogens is 458 g/mol. The van der Waals surface area contributed by atoms with E-state index in [1.165, 1.54) is 24.3 Å². The first-order valence-electron chi connectivity index (χ1n) is 10.5. The number of rotatable bonds is 6. The van der Waals surface area contributed by atoms with E-state index in [-0.39, 0.29) is 17.9 Å². The summed E-state index contributed by atoms with van der Waals surface area (Å²) in [5, 5.41) is 11.9. The molecule has 4 aromatic rings. The standard InChI is InChI=1S/C26H20ClNO6/c1-14-6-3-4-8-18(14)22-21(24(30)26(31)28(22)13-17-7-5-9-33-17)23(29)19-11-15-10-16(27)12-20(32-2)25(15)34-19/h3-12,22,30H,13H2,1-2H3. The van der Waals surface area contributed by atoms with Crippen LogP contribution in [-0.4, -0.2) is 28.8 Å². The number of aliphatic hydroxyl groups is 1. The van der Waals surface area contributed by atoms with Gasteiger partial charge in [-0.15, -0.1) is 0 Å². The van der Waals surface area contributed by atoms with Gasteiger partial charge in [0.1, 0.15) is 5.76 Å². The van der Waals surface area contributed by atoms with E-state index < -0.39 is 23.5 Å². The van der Waals surface area contributed by atoms with Gasteiger partial charge in [-0.25, -0.2) is 0 Å². The Morgan fingerprint density at radius 2 is 1.97 bits per heavy atom. The van der Waals surface area contributed by atoms with Crippen LogP contribution in [0.25, 0.3) is 11.0 Å². The SMILES string of the molecule is COc1cc(Cl)cc2cc(C(=O)C3=C(O)C(=O)N(Cc4ccco4)C3c3ccccc3C)oc12. The third-order valence-electron chi connectivity index (χ3n) is 5.93. The fourth-order valence-corrected chi connectivity index (χ4v) is 4.53. The van der Waals surface area contributed by atoms with Crippen LogP contribution in [0.5, 0.6) is 5.75 Å². The lowest BCUT2D eigenvalue weighted by atomic mass is 9.92. The number of aliphatic hydroxyl groups excluding tert-OH is 1. The minimum absolute atomic E-state index is 0.0386. The Morgan fingerprint density at radius 3 is 2.68 bits per heavy atom. The first kappa shape index (κ1) is 21.9. The molecule has 1 unspecified atom stereocenters. The van der Waals surface area contributed by atoms with Gasteiger partial charge in [-0.3, -0.25) is 9.59 Å². The zero-order valence-electron chi connectivity index (χ0n) is 18.4. The summed E-state index contributed by atoms with van der Waals surface area (Å²) in [6.07, 6.45) is 1.50. The Balaban J connectivity index is 1.63. The summed E-state index contributed by atoms with van der Waals surface area (Å²) in [6, 6.07) is 14.8. The third-order valence-corrected chi connectivity index (χ3v) is 6.15. The molecule has 0 saturated carbocycles. The van der Waals surface area contributed by atoms with Gasteiger partial charge in [0, 0.05) is 16.5 Å². The number of benzene rings is 2. The van der Waals surface area contributed by atoms with Gasteiger partial charge >= 0.3 is 0 Å². The summed E-state index contributed by atoms with van der Waals surface area (Å²) in [6.45, 7) is 1.96. The van der Waals surface area contributed by atoms with Crippen molar-refractivity contribution in [3.05, 3.63) is 99.9 Å². The van der Waals surface area contributed by atoms with Crippen LogP contribution in [0.2, 0.25) is 5.02 Å². The van der Waals surface area contributed by atoms with Crippen LogP contribution in [0, 0.1) is 6.92 Å². The van der Waals surface area contributed by atoms with Crippen LogP contribution >= 0.6 is 11.6 Å². The van der Waals surface area contributed by atoms with Gasteiger partial charge in [0.2, 0.25) is 5.78 Å². The number of carbonyl (C=O) groups excluding carboxylic acids is 2. The van der Waals surface area contributed by atoms with Crippen LogP contribution in [0.4, 0.5) is 0 Å². The number of halogens is 1. The summed E-state index contributed by atoms with van der Waals surface area (Å²) in [4.78, 5) is 28.3. The van der Waals surface area contributed by atoms with Crippen molar-refractivity contribution in [3.63, 3.8) is 0 Å². The molecule has 0 bridgehead atoms. The van der Waals surface area contributed by atoms with Gasteiger partial charge < -0.3 is 23.6 Å². The number of furan rings is 2. The van der Waals surface area contributed by atoms with Crippen molar-refractivity contribution < 1.29 is 28.3 Å². The van der Waals surface area contributed by atoms with Crippen molar-refractivity contribution in [2.45, 2.75) is 19.5 Å². The first-order valence-corrected chi connectivity index (χ1v) is 10.9. The van der Waals surface area contributed by atoms with E-state index in [0.717, 1.165) is 5.56 Å². The van der Waals surface area contributed by atoms with Gasteiger partial charge in [-0.1, -0.05) is 35.9 Å². The molecule has 0 aliphatic carbocycles. The number of hydrogen-bond donors (Lipinski definition) is 1. The van der Waals surface area contributed by atoms with Gasteiger partial charge in [0.25, 0.3) is 5.91 Å². The lowest BCUT2D eigenvalue weighted by Crippen LogP contribution is -2.31. The van der Waals surface area contributed by atoms with Crippen molar-refractivity contribution in [2.75, 3.05) is 7.11 Å². The van der Waals surface area contributed by atoms with E-state index in [1.807, 2.05) is 31.2 Å². The third kappa shape index (κ3) is 3.54. The van der Waals surface area contributed by atoms with E-state index in [4.69, 9.17) is 25.2 Å². The number of aryl methyl sites for hydroxylation is 1. The van der Waals surface area contributed by atoms with Crippen LogP contribution in [0.3, 0.4) is 0 Å². The molecule has 3 heterocycles. The van der Waals surface area contributed by atoms with Crippen LogP contribution in [0.1, 0.15) is 33.5 Å². The highest BCUT2D eigenvalue weighted by atomic mass is 35.5. The molecule has 0 spiro atoms. The number of nitrogens with zero attached hydrogens (tertiary/aromatic N) is 1. The second-order valence-electron chi connectivity index (χ2n) is 8.00. The zero-order valence-corrected chi connectivity index (χ0v) is 19.1. The number of ether oxygens (including phenoxy) is 1. The van der Waals surface area contributed by atoms with E-state index in [9.17, 15) is 14.7 Å². The molecule has 34 heavy (non-hydrogen) atoms. The molecule has 2 aromatic heterocycles. The molecule has 1 N–H and O–H groups in total. The number of ketones is 1. The van der Waals surface area contributed by atoms with Gasteiger partial charge in [-0.05, 0) is 42.3 Å². The summed E-state index contributed by atoms with van der Waals surface area (Å²) in [5.41, 5.74) is 1.86. The van der Waals surface area contributed by atoms with E-state index in [2.05, 4.69) is 0 Å². The van der Waals surface area contributed by atoms with Gasteiger partial charge in [0.15, 0.2) is 22.9 Å². The van der Waals surface area contributed by atoms with E-state index >= 15 is 0 Å². The highest BCUT2D eigenvalue weighted by molar-refractivity contribution is 6.31. The Bertz CT molecular complexity index is 1450. The van der Waals surface area contributed by atoms with Gasteiger partial charge in [0.05, 0.1) is 31.5 Å². The molecular formula is C26H20ClNO6. The average Bonchev–Trinajstić information content (AvgIpc) is 3.54. The van der Waals surface area contributed by atoms with Crippen molar-refractivity contribution in [3.8, 4) is 5.75 Å². The predicted molar refractivity (Wildman–Crippen MR) is 125 cm³/mol. The zero-order chi connectivity index (χ0) is 24.0. The number of amides is 1. The quantitative estimate of drug-likeness (QED) is 0.354. The topological polar surface area (TPSA) is 93.1 Å². The Morgan fingerprint density at radius 1 is 1.18 bits per heavy atom. The number of carbonyl (C=O) groups is 2. The maximum atomic E-state index is 13.7. The van der Waals surface area contributed by atoms with Crippen LogP contribution in [0.15, 0.2) is 81.0 Å². The summed E-state index contributed by atoms with van der Waals surface area (Å²) >= 11 is 6.15. The molecule has 8 heteroatoms. The molecule has 1 aliphatic rings. The van der Waals surface area contributed by atoms with E-state index in [1.54, 1.807) is 24.3 Å². The molecule has 1 amide bonds. The number of fused-ring (bicyclic) bond motifs is 1. The number of methoxy groups -OCH3 is 1. The van der Waals surface area contributed by atoms with Crippen LogP contribution in [-0.2, 0) is 11.3 Å². The lowest BCUT2D eigenvalue weighted by molar-refractivity contribution is -0.130. The molecule has 1 aliphatic heterocycles. The molecule has 0 radical (unpaired) electrons. The fraction of sp³-hybridized carbons (Fsp3) is 0.154. The molecule has 1 atom stereocenters. The Labute approximate surface area is 199 Å². The minimum atomic E-state index is -0.829. The number of Topliss-reactive ketones (excluding diaryl/α,β-unsaturated/α-hetero) is 1. The fourth-order valence-electron chi connectivity index (χ4n) is 4.32. The second-order valence-corrected chi connectivity index (χ2v) is 8.44. The van der Waals surface area contributed by atoms with Gasteiger partial charge in [-0.2, -0.15) is 0 Å². The summed E-state index contributed by atoms with van der Waals surface area (Å²) < 4.78 is 16.6. The smallest absolute Gasteiger partial charge is 0.290 e. The molecule has 7 nitrogen and oxygen atoms in total. The van der Waals surface area contributed by atoms with Crippen molar-refractivity contribution in [1.29, 1.82) is 0 Å². The molecule has 0 saturated heterocycles. The maximum absolute atomic E-state index is 13.7. The highest BCUT2D eigenvalue weighted by Crippen LogP contribution is 2.42. The Hall–Kier alpha value is -3.97. The summed E-state index contributed by atoms with van der Waals surface area (Å²) in [5.74, 6) is -1.02. The molecule has 2 aromatic carbocycles. The van der Waals surface area contributed by atoms with Crippen LogP contribution < -0.4 is 4.74 Å².